The van der Waals surface area contributed by atoms with Crippen LogP contribution >= 0.6 is 11.3 Å². The zero-order valence-corrected chi connectivity index (χ0v) is 15.3. The molecule has 1 heteroatoms. The molecule has 0 bridgehead atoms. The molecule has 0 N–H and O–H groups in total. The van der Waals surface area contributed by atoms with E-state index in [9.17, 15) is 0 Å². The molecule has 120 valence electrons. The van der Waals surface area contributed by atoms with Crippen LogP contribution in [0.2, 0.25) is 0 Å². The van der Waals surface area contributed by atoms with Crippen LogP contribution in [0.25, 0.3) is 22.8 Å². The molecule has 0 spiro atoms. The fourth-order valence-electron chi connectivity index (χ4n) is 3.43. The number of aryl methyl sites for hydroxylation is 1. The highest BCUT2D eigenvalue weighted by Crippen LogP contribution is 2.39. The lowest BCUT2D eigenvalue weighted by atomic mass is 9.94. The molecule has 1 aliphatic rings. The Labute approximate surface area is 148 Å². The quantitative estimate of drug-likeness (QED) is 0.488. The third kappa shape index (κ3) is 2.74. The molecule has 0 aliphatic heterocycles. The second kappa shape index (κ2) is 6.07. The van der Waals surface area contributed by atoms with Crippen molar-refractivity contribution >= 4 is 23.0 Å². The molecule has 0 radical (unpaired) electrons. The van der Waals surface area contributed by atoms with Crippen molar-refractivity contribution < 1.29 is 0 Å². The summed E-state index contributed by atoms with van der Waals surface area (Å²) in [6.45, 7) is 6.67. The lowest BCUT2D eigenvalue weighted by Crippen LogP contribution is -1.89. The summed E-state index contributed by atoms with van der Waals surface area (Å²) in [5.74, 6) is 0.578. The predicted molar refractivity (Wildman–Crippen MR) is 107 cm³/mol. The molecule has 0 nitrogen and oxygen atoms in total. The first kappa shape index (κ1) is 15.4. The van der Waals surface area contributed by atoms with Gasteiger partial charge >= 0.3 is 0 Å². The van der Waals surface area contributed by atoms with E-state index in [0.29, 0.717) is 5.92 Å². The van der Waals surface area contributed by atoms with E-state index in [4.69, 9.17) is 0 Å². The van der Waals surface area contributed by atoms with Gasteiger partial charge in [0, 0.05) is 9.75 Å². The van der Waals surface area contributed by atoms with Crippen LogP contribution < -0.4 is 0 Å². The molecule has 2 aromatic carbocycles. The predicted octanol–water partition coefficient (Wildman–Crippen LogP) is 6.94. The average Bonchev–Trinajstić information content (AvgIpc) is 3.20. The van der Waals surface area contributed by atoms with Crippen molar-refractivity contribution in [3.05, 3.63) is 81.0 Å². The summed E-state index contributed by atoms with van der Waals surface area (Å²) >= 11 is 1.89. The first-order valence-electron chi connectivity index (χ1n) is 8.61. The van der Waals surface area contributed by atoms with Gasteiger partial charge in [0.1, 0.15) is 0 Å². The maximum atomic E-state index is 2.40. The zero-order chi connectivity index (χ0) is 16.7. The standard InChI is InChI=1S/C23H22S/c1-15(2)17-8-10-18(11-9-17)21-6-4-5-19-13-20(14-22(19)21)23-12-7-16(3)24-23/h4-12,14-15H,13H2,1-3H3. The van der Waals surface area contributed by atoms with Gasteiger partial charge in [-0.15, -0.1) is 11.3 Å². The van der Waals surface area contributed by atoms with Gasteiger partial charge in [0.2, 0.25) is 0 Å². The van der Waals surface area contributed by atoms with E-state index in [1.165, 1.54) is 43.1 Å². The van der Waals surface area contributed by atoms with Gasteiger partial charge in [0.15, 0.2) is 0 Å². The van der Waals surface area contributed by atoms with Gasteiger partial charge in [0.25, 0.3) is 0 Å². The summed E-state index contributed by atoms with van der Waals surface area (Å²) in [6.07, 6.45) is 3.44. The molecule has 0 atom stereocenters. The molecular weight excluding hydrogens is 308 g/mol. The van der Waals surface area contributed by atoms with Crippen molar-refractivity contribution in [2.75, 3.05) is 0 Å². The van der Waals surface area contributed by atoms with Crippen LogP contribution in [0.3, 0.4) is 0 Å². The highest BCUT2D eigenvalue weighted by atomic mass is 32.1. The minimum Gasteiger partial charge on any atom is -0.141 e. The third-order valence-corrected chi connectivity index (χ3v) is 5.92. The molecule has 0 saturated carbocycles. The van der Waals surface area contributed by atoms with Crippen LogP contribution in [0, 0.1) is 6.92 Å². The summed E-state index contributed by atoms with van der Waals surface area (Å²) < 4.78 is 0. The Kier molecular flexibility index (Phi) is 3.90. The van der Waals surface area contributed by atoms with Crippen LogP contribution in [0.4, 0.5) is 0 Å². The maximum absolute atomic E-state index is 2.40. The number of thiophene rings is 1. The summed E-state index contributed by atoms with van der Waals surface area (Å²) in [7, 11) is 0. The van der Waals surface area contributed by atoms with E-state index in [1.807, 2.05) is 11.3 Å². The average molecular weight is 330 g/mol. The minimum atomic E-state index is 0.578. The normalized spacial score (nSPS) is 13.2. The van der Waals surface area contributed by atoms with E-state index in [0.717, 1.165) is 6.42 Å². The van der Waals surface area contributed by atoms with Gasteiger partial charge in [0.05, 0.1) is 0 Å². The molecule has 3 aromatic rings. The van der Waals surface area contributed by atoms with Crippen molar-refractivity contribution in [1.29, 1.82) is 0 Å². The van der Waals surface area contributed by atoms with E-state index in [2.05, 4.69) is 81.4 Å². The first-order valence-corrected chi connectivity index (χ1v) is 9.43. The largest absolute Gasteiger partial charge is 0.141 e. The number of fused-ring (bicyclic) bond motifs is 1. The van der Waals surface area contributed by atoms with Crippen molar-refractivity contribution in [3.63, 3.8) is 0 Å². The first-order chi connectivity index (χ1) is 11.6. The highest BCUT2D eigenvalue weighted by Gasteiger charge is 2.18. The molecule has 4 rings (SSSR count). The zero-order valence-electron chi connectivity index (χ0n) is 14.5. The second-order valence-corrected chi connectivity index (χ2v) is 8.20. The van der Waals surface area contributed by atoms with E-state index in [1.54, 1.807) is 0 Å². The maximum Gasteiger partial charge on any atom is 0.0308 e. The third-order valence-electron chi connectivity index (χ3n) is 4.84. The van der Waals surface area contributed by atoms with Crippen molar-refractivity contribution in [2.45, 2.75) is 33.1 Å². The van der Waals surface area contributed by atoms with Crippen molar-refractivity contribution in [1.82, 2.24) is 0 Å². The fraction of sp³-hybridized carbons (Fsp3) is 0.217. The van der Waals surface area contributed by atoms with Gasteiger partial charge in [-0.3, -0.25) is 0 Å². The van der Waals surface area contributed by atoms with Gasteiger partial charge in [-0.25, -0.2) is 0 Å². The van der Waals surface area contributed by atoms with E-state index < -0.39 is 0 Å². The Hall–Kier alpha value is -2.12. The van der Waals surface area contributed by atoms with Gasteiger partial charge < -0.3 is 0 Å². The van der Waals surface area contributed by atoms with Crippen LogP contribution in [0.5, 0.6) is 0 Å². The molecule has 0 fully saturated rings. The Balaban J connectivity index is 1.75. The Bertz CT molecular complexity index is 907. The molecule has 0 saturated heterocycles. The van der Waals surface area contributed by atoms with E-state index >= 15 is 0 Å². The summed E-state index contributed by atoms with van der Waals surface area (Å²) in [4.78, 5) is 2.79. The second-order valence-electron chi connectivity index (χ2n) is 6.91. The lowest BCUT2D eigenvalue weighted by Gasteiger charge is -2.10. The number of hydrogen-bond donors (Lipinski definition) is 0. The van der Waals surface area contributed by atoms with Gasteiger partial charge in [-0.2, -0.15) is 0 Å². The number of allylic oxidation sites excluding steroid dienone is 1. The van der Waals surface area contributed by atoms with Crippen LogP contribution in [-0.4, -0.2) is 0 Å². The summed E-state index contributed by atoms with van der Waals surface area (Å²) in [5, 5.41) is 0. The topological polar surface area (TPSA) is 0 Å². The SMILES string of the molecule is Cc1ccc(C2=Cc3c(cccc3-c3ccc(C(C)C)cc3)C2)s1. The molecule has 1 heterocycles. The van der Waals surface area contributed by atoms with Crippen LogP contribution in [0.15, 0.2) is 54.6 Å². The fourth-order valence-corrected chi connectivity index (χ4v) is 4.31. The molecule has 0 unspecified atom stereocenters. The molecule has 24 heavy (non-hydrogen) atoms. The summed E-state index contributed by atoms with van der Waals surface area (Å²) in [5.41, 5.74) is 8.37. The molecular formula is C23H22S. The van der Waals surface area contributed by atoms with Crippen molar-refractivity contribution in [3.8, 4) is 11.1 Å². The number of rotatable bonds is 3. The monoisotopic (exact) mass is 330 g/mol. The molecule has 0 amide bonds. The van der Waals surface area contributed by atoms with Crippen LogP contribution in [-0.2, 0) is 6.42 Å². The van der Waals surface area contributed by atoms with Gasteiger partial charge in [-0.1, -0.05) is 56.3 Å². The highest BCUT2D eigenvalue weighted by molar-refractivity contribution is 7.13. The van der Waals surface area contributed by atoms with Crippen LogP contribution in [0.1, 0.15) is 46.2 Å². The number of hydrogen-bond acceptors (Lipinski definition) is 1. The Morgan fingerprint density at radius 1 is 0.917 bits per heavy atom. The number of benzene rings is 2. The molecule has 1 aromatic heterocycles. The Morgan fingerprint density at radius 3 is 2.38 bits per heavy atom. The lowest BCUT2D eigenvalue weighted by molar-refractivity contribution is 0.867. The smallest absolute Gasteiger partial charge is 0.0308 e. The minimum absolute atomic E-state index is 0.578. The summed E-state index contributed by atoms with van der Waals surface area (Å²) in [6, 6.07) is 20.3. The van der Waals surface area contributed by atoms with Crippen molar-refractivity contribution in [2.24, 2.45) is 0 Å². The molecule has 1 aliphatic carbocycles. The Morgan fingerprint density at radius 2 is 1.71 bits per heavy atom. The van der Waals surface area contributed by atoms with Gasteiger partial charge in [-0.05, 0) is 70.9 Å². The van der Waals surface area contributed by atoms with E-state index in [-0.39, 0.29) is 0 Å².